The Kier molecular flexibility index (Phi) is 4.86. The lowest BCUT2D eigenvalue weighted by Crippen LogP contribution is -2.29. The maximum atomic E-state index is 11.9. The van der Waals surface area contributed by atoms with Crippen LogP contribution >= 0.6 is 0 Å². The molecule has 0 radical (unpaired) electrons. The van der Waals surface area contributed by atoms with Crippen LogP contribution in [0, 0.1) is 6.92 Å². The number of amides is 2. The van der Waals surface area contributed by atoms with E-state index in [1.54, 1.807) is 13.0 Å². The lowest BCUT2D eigenvalue weighted by molar-refractivity contribution is -0.133. The van der Waals surface area contributed by atoms with Gasteiger partial charge in [-0.3, -0.25) is 9.59 Å². The molecule has 0 saturated carbocycles. The lowest BCUT2D eigenvalue weighted by Gasteiger charge is -2.09. The number of nitrogens with one attached hydrogen (secondary N) is 2. The zero-order valence-corrected chi connectivity index (χ0v) is 13.4. The molecule has 2 amide bonds. The molecule has 0 aliphatic heterocycles. The van der Waals surface area contributed by atoms with E-state index in [-0.39, 0.29) is 22.0 Å². The summed E-state index contributed by atoms with van der Waals surface area (Å²) < 4.78 is 22.3. The van der Waals surface area contributed by atoms with Crippen LogP contribution < -0.4 is 15.8 Å². The van der Waals surface area contributed by atoms with E-state index in [1.807, 2.05) is 0 Å². The molecule has 0 aliphatic carbocycles. The van der Waals surface area contributed by atoms with Crippen molar-refractivity contribution >= 4 is 33.2 Å². The number of primary sulfonamides is 1. The molecule has 2 aromatic carbocycles. The van der Waals surface area contributed by atoms with E-state index < -0.39 is 21.8 Å². The summed E-state index contributed by atoms with van der Waals surface area (Å²) in [6.07, 6.45) is 0. The van der Waals surface area contributed by atoms with Crippen molar-refractivity contribution < 1.29 is 23.1 Å². The fourth-order valence-electron chi connectivity index (χ4n) is 1.84. The second-order valence-electron chi connectivity index (χ2n) is 5.00. The van der Waals surface area contributed by atoms with Crippen molar-refractivity contribution in [1.82, 2.24) is 0 Å². The summed E-state index contributed by atoms with van der Waals surface area (Å²) in [6, 6.07) is 9.57. The van der Waals surface area contributed by atoms with Crippen LogP contribution in [0.1, 0.15) is 5.56 Å². The molecule has 0 bridgehead atoms. The van der Waals surface area contributed by atoms with Gasteiger partial charge < -0.3 is 15.7 Å². The number of benzene rings is 2. The van der Waals surface area contributed by atoms with E-state index in [4.69, 9.17) is 5.14 Å². The van der Waals surface area contributed by atoms with E-state index in [9.17, 15) is 23.1 Å². The number of aryl methyl sites for hydroxylation is 1. The van der Waals surface area contributed by atoms with Crippen molar-refractivity contribution in [2.75, 3.05) is 10.6 Å². The van der Waals surface area contributed by atoms with E-state index in [1.165, 1.54) is 36.4 Å². The van der Waals surface area contributed by atoms with Crippen LogP contribution in [0.4, 0.5) is 11.4 Å². The van der Waals surface area contributed by atoms with Gasteiger partial charge in [-0.2, -0.15) is 0 Å². The summed E-state index contributed by atoms with van der Waals surface area (Å²) in [5, 5.41) is 19.2. The van der Waals surface area contributed by atoms with Gasteiger partial charge in [-0.15, -0.1) is 0 Å². The standard InChI is InChI=1S/C15H15N3O5S/c1-9-2-7-13(19)12(8-9)18-15(21)14(20)17-10-3-5-11(6-4-10)24(16,22)23/h2-8,19H,1H3,(H,17,20)(H,18,21)(H2,16,22,23). The third-order valence-electron chi connectivity index (χ3n) is 3.05. The van der Waals surface area contributed by atoms with E-state index >= 15 is 0 Å². The molecular formula is C15H15N3O5S. The predicted octanol–water partition coefficient (Wildman–Crippen LogP) is 0.925. The zero-order chi connectivity index (χ0) is 17.9. The number of aromatic hydroxyl groups is 1. The van der Waals surface area contributed by atoms with Gasteiger partial charge >= 0.3 is 11.8 Å². The van der Waals surface area contributed by atoms with Gasteiger partial charge in [0.15, 0.2) is 0 Å². The highest BCUT2D eigenvalue weighted by molar-refractivity contribution is 7.89. The first-order valence-electron chi connectivity index (χ1n) is 6.71. The fourth-order valence-corrected chi connectivity index (χ4v) is 2.36. The summed E-state index contributed by atoms with van der Waals surface area (Å²) in [6.45, 7) is 1.77. The summed E-state index contributed by atoms with van der Waals surface area (Å²) in [4.78, 5) is 23.6. The third-order valence-corrected chi connectivity index (χ3v) is 3.98. The molecule has 0 unspecified atom stereocenters. The Morgan fingerprint density at radius 3 is 2.17 bits per heavy atom. The Hall–Kier alpha value is -2.91. The Labute approximate surface area is 138 Å². The minimum absolute atomic E-state index is 0.111. The average molecular weight is 349 g/mol. The van der Waals surface area contributed by atoms with E-state index in [0.29, 0.717) is 0 Å². The molecule has 0 aromatic heterocycles. The molecule has 0 aliphatic rings. The molecule has 126 valence electrons. The quantitative estimate of drug-likeness (QED) is 0.482. The molecule has 2 rings (SSSR count). The smallest absolute Gasteiger partial charge is 0.314 e. The van der Waals surface area contributed by atoms with Crippen LogP contribution in [-0.2, 0) is 19.6 Å². The van der Waals surface area contributed by atoms with Crippen molar-refractivity contribution in [2.45, 2.75) is 11.8 Å². The summed E-state index contributed by atoms with van der Waals surface area (Å²) in [5.74, 6) is -2.12. The van der Waals surface area contributed by atoms with Gasteiger partial charge in [0.05, 0.1) is 10.6 Å². The number of anilines is 2. The van der Waals surface area contributed by atoms with Gasteiger partial charge in [-0.25, -0.2) is 13.6 Å². The van der Waals surface area contributed by atoms with Crippen molar-refractivity contribution in [1.29, 1.82) is 0 Å². The minimum atomic E-state index is -3.83. The normalized spacial score (nSPS) is 10.9. The van der Waals surface area contributed by atoms with Crippen LogP contribution in [0.5, 0.6) is 5.75 Å². The van der Waals surface area contributed by atoms with Crippen molar-refractivity contribution in [3.8, 4) is 5.75 Å². The molecule has 5 N–H and O–H groups in total. The summed E-state index contributed by atoms with van der Waals surface area (Å²) >= 11 is 0. The Morgan fingerprint density at radius 1 is 1.00 bits per heavy atom. The molecule has 24 heavy (non-hydrogen) atoms. The van der Waals surface area contributed by atoms with Gasteiger partial charge in [0.2, 0.25) is 10.0 Å². The SMILES string of the molecule is Cc1ccc(O)c(NC(=O)C(=O)Nc2ccc(S(N)(=O)=O)cc2)c1. The first-order valence-corrected chi connectivity index (χ1v) is 8.26. The monoisotopic (exact) mass is 349 g/mol. The lowest BCUT2D eigenvalue weighted by atomic mass is 10.2. The van der Waals surface area contributed by atoms with Gasteiger partial charge in [0.25, 0.3) is 0 Å². The average Bonchev–Trinajstić information content (AvgIpc) is 2.50. The third kappa shape index (κ3) is 4.31. The van der Waals surface area contributed by atoms with Gasteiger partial charge in [-0.05, 0) is 48.9 Å². The first-order chi connectivity index (χ1) is 11.2. The zero-order valence-electron chi connectivity index (χ0n) is 12.6. The Balaban J connectivity index is 2.06. The minimum Gasteiger partial charge on any atom is -0.506 e. The van der Waals surface area contributed by atoms with Crippen molar-refractivity contribution in [3.05, 3.63) is 48.0 Å². The second kappa shape index (κ2) is 6.69. The Morgan fingerprint density at radius 2 is 1.58 bits per heavy atom. The summed E-state index contributed by atoms with van der Waals surface area (Å²) in [7, 11) is -3.83. The molecule has 0 heterocycles. The highest BCUT2D eigenvalue weighted by Gasteiger charge is 2.16. The first kappa shape index (κ1) is 17.4. The molecule has 0 atom stereocenters. The van der Waals surface area contributed by atoms with Crippen LogP contribution in [0.15, 0.2) is 47.4 Å². The number of carbonyl (C=O) groups is 2. The number of phenols is 1. The van der Waals surface area contributed by atoms with Gasteiger partial charge in [0, 0.05) is 5.69 Å². The molecular weight excluding hydrogens is 334 g/mol. The Bertz CT molecular complexity index is 892. The number of phenolic OH excluding ortho intramolecular Hbond substituents is 1. The number of rotatable bonds is 3. The maximum Gasteiger partial charge on any atom is 0.314 e. The molecule has 0 fully saturated rings. The number of sulfonamides is 1. The topological polar surface area (TPSA) is 139 Å². The molecule has 0 saturated heterocycles. The van der Waals surface area contributed by atoms with Crippen molar-refractivity contribution in [3.63, 3.8) is 0 Å². The molecule has 0 spiro atoms. The molecule has 8 nitrogen and oxygen atoms in total. The van der Waals surface area contributed by atoms with Crippen LogP contribution in [0.25, 0.3) is 0 Å². The van der Waals surface area contributed by atoms with Crippen LogP contribution in [0.3, 0.4) is 0 Å². The van der Waals surface area contributed by atoms with Crippen LogP contribution in [0.2, 0.25) is 0 Å². The molecule has 2 aromatic rings. The number of nitrogens with two attached hydrogens (primary N) is 1. The second-order valence-corrected chi connectivity index (χ2v) is 6.56. The van der Waals surface area contributed by atoms with E-state index in [2.05, 4.69) is 10.6 Å². The number of carbonyl (C=O) groups excluding carboxylic acids is 2. The highest BCUT2D eigenvalue weighted by Crippen LogP contribution is 2.23. The predicted molar refractivity (Wildman–Crippen MR) is 87.9 cm³/mol. The van der Waals surface area contributed by atoms with Gasteiger partial charge in [-0.1, -0.05) is 6.07 Å². The van der Waals surface area contributed by atoms with Crippen LogP contribution in [-0.4, -0.2) is 25.3 Å². The van der Waals surface area contributed by atoms with Gasteiger partial charge in [0.1, 0.15) is 5.75 Å². The largest absolute Gasteiger partial charge is 0.506 e. The molecule has 9 heteroatoms. The number of hydrogen-bond acceptors (Lipinski definition) is 5. The number of hydrogen-bond donors (Lipinski definition) is 4. The summed E-state index contributed by atoms with van der Waals surface area (Å²) in [5.41, 5.74) is 1.12. The maximum absolute atomic E-state index is 11.9. The van der Waals surface area contributed by atoms with E-state index in [0.717, 1.165) is 5.56 Å². The van der Waals surface area contributed by atoms with Crippen molar-refractivity contribution in [2.24, 2.45) is 5.14 Å². The fraction of sp³-hybridized carbons (Fsp3) is 0.0667. The highest BCUT2D eigenvalue weighted by atomic mass is 32.2.